The van der Waals surface area contributed by atoms with Crippen LogP contribution in [0.3, 0.4) is 0 Å². The van der Waals surface area contributed by atoms with Crippen LogP contribution in [0.1, 0.15) is 48.4 Å². The molecule has 4 rings (SSSR count). The van der Waals surface area contributed by atoms with Crippen molar-refractivity contribution in [2.75, 3.05) is 11.5 Å². The molecule has 144 valence electrons. The summed E-state index contributed by atoms with van der Waals surface area (Å²) in [6, 6.07) is 11.8. The van der Waals surface area contributed by atoms with Crippen LogP contribution < -0.4 is 4.90 Å². The van der Waals surface area contributed by atoms with Gasteiger partial charge in [-0.3, -0.25) is 9.59 Å². The van der Waals surface area contributed by atoms with Crippen molar-refractivity contribution in [3.8, 4) is 0 Å². The van der Waals surface area contributed by atoms with Crippen LogP contribution in [0, 0.1) is 5.92 Å². The molecule has 1 aliphatic heterocycles. The predicted octanol–water partition coefficient (Wildman–Crippen LogP) is 5.04. The second-order valence-corrected chi connectivity index (χ2v) is 7.74. The third-order valence-corrected chi connectivity index (χ3v) is 5.64. The lowest BCUT2D eigenvalue weighted by Gasteiger charge is -2.26. The highest BCUT2D eigenvalue weighted by Crippen LogP contribution is 2.48. The van der Waals surface area contributed by atoms with Gasteiger partial charge < -0.3 is 9.64 Å². The highest BCUT2D eigenvalue weighted by molar-refractivity contribution is 6.30. The van der Waals surface area contributed by atoms with Gasteiger partial charge in [-0.2, -0.15) is 0 Å². The number of rotatable bonds is 3. The lowest BCUT2D eigenvalue weighted by molar-refractivity contribution is -0.144. The molecular weight excluding hydrogens is 374 g/mol. The number of carbonyl (C=O) groups excluding carboxylic acids is 2. The van der Waals surface area contributed by atoms with Crippen LogP contribution in [-0.2, 0) is 20.9 Å². The van der Waals surface area contributed by atoms with Crippen LogP contribution in [0.5, 0.6) is 0 Å². The second-order valence-electron chi connectivity index (χ2n) is 7.30. The van der Waals surface area contributed by atoms with Gasteiger partial charge in [0.2, 0.25) is 5.91 Å². The highest BCUT2D eigenvalue weighted by atomic mass is 35.5. The molecule has 0 bridgehead atoms. The van der Waals surface area contributed by atoms with Gasteiger partial charge in [-0.25, -0.2) is 0 Å². The van der Waals surface area contributed by atoms with E-state index in [2.05, 4.69) is 24.3 Å². The third-order valence-electron chi connectivity index (χ3n) is 5.41. The standard InChI is InChI=1S/C23H22ClNO3/c1-3-28-23(27)21-12-20(21)16-6-4-15-5-7-17-11-19(24)8-9-22(17)25(14(2)26)13-18(15)10-16/h4-11,20-21H,3,12-13H2,1-2H3/b7-5-/t20-,21-/m0/s1. The quantitative estimate of drug-likeness (QED) is 0.683. The van der Waals surface area contributed by atoms with Crippen molar-refractivity contribution in [2.45, 2.75) is 32.7 Å². The zero-order chi connectivity index (χ0) is 19.8. The topological polar surface area (TPSA) is 46.6 Å². The zero-order valence-electron chi connectivity index (χ0n) is 15.9. The molecule has 0 saturated heterocycles. The largest absolute Gasteiger partial charge is 0.466 e. The molecule has 0 unspecified atom stereocenters. The van der Waals surface area contributed by atoms with Gasteiger partial charge in [-0.15, -0.1) is 0 Å². The van der Waals surface area contributed by atoms with Gasteiger partial charge in [-0.05, 0) is 59.7 Å². The molecule has 5 heteroatoms. The van der Waals surface area contributed by atoms with E-state index >= 15 is 0 Å². The Balaban J connectivity index is 1.68. The summed E-state index contributed by atoms with van der Waals surface area (Å²) in [4.78, 5) is 26.1. The minimum absolute atomic E-state index is 0.0222. The molecule has 2 aliphatic rings. The number of anilines is 1. The third kappa shape index (κ3) is 3.57. The van der Waals surface area contributed by atoms with Crippen LogP contribution in [-0.4, -0.2) is 18.5 Å². The van der Waals surface area contributed by atoms with E-state index in [4.69, 9.17) is 16.3 Å². The molecule has 2 aromatic rings. The summed E-state index contributed by atoms with van der Waals surface area (Å²) >= 11 is 6.15. The minimum atomic E-state index is -0.115. The average molecular weight is 396 g/mol. The number of hydrogen-bond donors (Lipinski definition) is 0. The van der Waals surface area contributed by atoms with Crippen LogP contribution in [0.4, 0.5) is 5.69 Å². The fourth-order valence-corrected chi connectivity index (χ4v) is 4.03. The average Bonchev–Trinajstić information content (AvgIpc) is 3.44. The number of halogens is 1. The molecule has 0 aromatic heterocycles. The lowest BCUT2D eigenvalue weighted by Crippen LogP contribution is -2.29. The summed E-state index contributed by atoms with van der Waals surface area (Å²) in [5.41, 5.74) is 5.03. The smallest absolute Gasteiger partial charge is 0.309 e. The number of nitrogens with zero attached hydrogens (tertiary/aromatic N) is 1. The molecule has 2 atom stereocenters. The van der Waals surface area contributed by atoms with Crippen molar-refractivity contribution in [2.24, 2.45) is 5.92 Å². The summed E-state index contributed by atoms with van der Waals surface area (Å²) in [6.07, 6.45) is 4.88. The van der Waals surface area contributed by atoms with Gasteiger partial charge in [-0.1, -0.05) is 42.0 Å². The van der Waals surface area contributed by atoms with E-state index in [1.807, 2.05) is 25.1 Å². The summed E-state index contributed by atoms with van der Waals surface area (Å²) < 4.78 is 5.15. The number of esters is 1. The van der Waals surface area contributed by atoms with Gasteiger partial charge in [0.25, 0.3) is 0 Å². The Hall–Kier alpha value is -2.59. The molecule has 0 N–H and O–H groups in total. The van der Waals surface area contributed by atoms with E-state index in [-0.39, 0.29) is 23.7 Å². The normalized spacial score (nSPS) is 21.0. The summed E-state index contributed by atoms with van der Waals surface area (Å²) in [6.45, 7) is 4.29. The van der Waals surface area contributed by atoms with E-state index in [9.17, 15) is 9.59 Å². The number of fused-ring (bicyclic) bond motifs is 2. The maximum absolute atomic E-state index is 12.4. The molecule has 2 aromatic carbocycles. The van der Waals surface area contributed by atoms with E-state index in [1.165, 1.54) is 0 Å². The number of ether oxygens (including phenoxy) is 1. The number of hydrogen-bond acceptors (Lipinski definition) is 3. The maximum atomic E-state index is 12.4. The van der Waals surface area contributed by atoms with Gasteiger partial charge >= 0.3 is 5.97 Å². The first kappa shape index (κ1) is 18.8. The van der Waals surface area contributed by atoms with Crippen LogP contribution in [0.2, 0.25) is 5.02 Å². The monoisotopic (exact) mass is 395 g/mol. The van der Waals surface area contributed by atoms with Crippen molar-refractivity contribution in [1.29, 1.82) is 0 Å². The number of carbonyl (C=O) groups is 2. The fraction of sp³-hybridized carbons (Fsp3) is 0.304. The summed E-state index contributed by atoms with van der Waals surface area (Å²) in [5.74, 6) is 0.0193. The molecule has 1 amide bonds. The van der Waals surface area contributed by atoms with E-state index < -0.39 is 0 Å². The first-order valence-electron chi connectivity index (χ1n) is 9.53. The molecule has 0 spiro atoms. The minimum Gasteiger partial charge on any atom is -0.466 e. The zero-order valence-corrected chi connectivity index (χ0v) is 16.7. The Kier molecular flexibility index (Phi) is 4.98. The van der Waals surface area contributed by atoms with Crippen molar-refractivity contribution in [1.82, 2.24) is 0 Å². The first-order valence-corrected chi connectivity index (χ1v) is 9.91. The van der Waals surface area contributed by atoms with Crippen LogP contribution >= 0.6 is 11.6 Å². The SMILES string of the molecule is CCOC(=O)[C@H]1C[C@H]1c1ccc2c(c1)CN(C(C)=O)c1ccc(Cl)cc1/C=C\2. The molecule has 1 aliphatic carbocycles. The Morgan fingerprint density at radius 1 is 1.14 bits per heavy atom. The van der Waals surface area contributed by atoms with Crippen LogP contribution in [0.25, 0.3) is 12.2 Å². The van der Waals surface area contributed by atoms with Gasteiger partial charge in [0.1, 0.15) is 0 Å². The highest BCUT2D eigenvalue weighted by Gasteiger charge is 2.45. The van der Waals surface area contributed by atoms with Crippen molar-refractivity contribution < 1.29 is 14.3 Å². The summed E-state index contributed by atoms with van der Waals surface area (Å²) in [7, 11) is 0. The molecule has 1 heterocycles. The summed E-state index contributed by atoms with van der Waals surface area (Å²) in [5, 5.41) is 0.641. The second kappa shape index (κ2) is 7.44. The van der Waals surface area contributed by atoms with Gasteiger partial charge in [0, 0.05) is 11.9 Å². The van der Waals surface area contributed by atoms with E-state index in [1.54, 1.807) is 17.9 Å². The molecule has 28 heavy (non-hydrogen) atoms. The van der Waals surface area contributed by atoms with Crippen molar-refractivity contribution in [3.63, 3.8) is 0 Å². The van der Waals surface area contributed by atoms with E-state index in [0.29, 0.717) is 18.2 Å². The lowest BCUT2D eigenvalue weighted by atomic mass is 9.97. The molecule has 1 fully saturated rings. The van der Waals surface area contributed by atoms with Gasteiger partial charge in [0.15, 0.2) is 0 Å². The fourth-order valence-electron chi connectivity index (χ4n) is 3.85. The molecule has 1 saturated carbocycles. The first-order chi connectivity index (χ1) is 13.5. The van der Waals surface area contributed by atoms with Crippen molar-refractivity contribution >= 4 is 41.3 Å². The Morgan fingerprint density at radius 2 is 1.93 bits per heavy atom. The Bertz CT molecular complexity index is 982. The van der Waals surface area contributed by atoms with Gasteiger partial charge in [0.05, 0.1) is 24.8 Å². The maximum Gasteiger partial charge on any atom is 0.309 e. The molecule has 4 nitrogen and oxygen atoms in total. The Morgan fingerprint density at radius 3 is 2.68 bits per heavy atom. The Labute approximate surface area is 169 Å². The number of benzene rings is 2. The molecular formula is C23H22ClNO3. The van der Waals surface area contributed by atoms with Crippen molar-refractivity contribution in [3.05, 3.63) is 63.7 Å². The van der Waals surface area contributed by atoms with E-state index in [0.717, 1.165) is 34.4 Å². The molecule has 0 radical (unpaired) electrons. The predicted molar refractivity (Wildman–Crippen MR) is 111 cm³/mol. The number of amides is 1. The van der Waals surface area contributed by atoms with Crippen LogP contribution in [0.15, 0.2) is 36.4 Å².